The van der Waals surface area contributed by atoms with Gasteiger partial charge in [0.15, 0.2) is 0 Å². The fourth-order valence-electron chi connectivity index (χ4n) is 1.34. The van der Waals surface area contributed by atoms with Gasteiger partial charge in [-0.1, -0.05) is 12.8 Å². The van der Waals surface area contributed by atoms with Crippen LogP contribution in [0.3, 0.4) is 0 Å². The van der Waals surface area contributed by atoms with Gasteiger partial charge in [0.1, 0.15) is 5.82 Å². The van der Waals surface area contributed by atoms with Crippen molar-refractivity contribution in [2.75, 3.05) is 0 Å². The zero-order valence-corrected chi connectivity index (χ0v) is 10.2. The highest BCUT2D eigenvalue weighted by molar-refractivity contribution is 5.81. The molecule has 17 heavy (non-hydrogen) atoms. The molecule has 0 bridgehead atoms. The normalized spacial score (nSPS) is 13.8. The minimum Gasteiger partial charge on any atom is -0.346 e. The number of hydrogen-bond donors (Lipinski definition) is 3. The molecule has 0 aliphatic heterocycles. The molecule has 0 saturated heterocycles. The van der Waals surface area contributed by atoms with Gasteiger partial charge < -0.3 is 16.0 Å². The fourth-order valence-corrected chi connectivity index (χ4v) is 1.34. The van der Waals surface area contributed by atoms with Gasteiger partial charge >= 0.3 is 0 Å². The van der Waals surface area contributed by atoms with E-state index in [4.69, 9.17) is 12.2 Å². The van der Waals surface area contributed by atoms with Crippen LogP contribution in [0, 0.1) is 12.3 Å². The first-order chi connectivity index (χ1) is 8.06. The first kappa shape index (κ1) is 13.3. The zero-order chi connectivity index (χ0) is 12.8. The van der Waals surface area contributed by atoms with Gasteiger partial charge in [-0.3, -0.25) is 4.79 Å². The molecule has 2 atom stereocenters. The summed E-state index contributed by atoms with van der Waals surface area (Å²) in [6, 6.07) is -0.946. The summed E-state index contributed by atoms with van der Waals surface area (Å²) in [5.41, 5.74) is 6.50. The minimum absolute atomic E-state index is 0.254. The van der Waals surface area contributed by atoms with E-state index in [1.54, 1.807) is 13.1 Å². The van der Waals surface area contributed by atoms with E-state index in [0.29, 0.717) is 6.42 Å². The van der Waals surface area contributed by atoms with E-state index < -0.39 is 6.04 Å². The van der Waals surface area contributed by atoms with Crippen LogP contribution in [0.25, 0.3) is 0 Å². The van der Waals surface area contributed by atoms with E-state index in [1.807, 2.05) is 6.92 Å². The maximum Gasteiger partial charge on any atom is 0.237 e. The van der Waals surface area contributed by atoms with Gasteiger partial charge in [0.05, 0.1) is 12.1 Å². The largest absolute Gasteiger partial charge is 0.346 e. The van der Waals surface area contributed by atoms with Crippen molar-refractivity contribution >= 4 is 5.91 Å². The molecule has 1 amide bonds. The number of nitrogens with one attached hydrogen (secondary N) is 2. The Hall–Kier alpha value is -1.80. The number of imidazole rings is 1. The average Bonchev–Trinajstić information content (AvgIpc) is 2.75. The summed E-state index contributed by atoms with van der Waals surface area (Å²) in [4.78, 5) is 18.7. The fraction of sp³-hybridized carbons (Fsp3) is 0.500. The molecule has 2 unspecified atom stereocenters. The highest BCUT2D eigenvalue weighted by atomic mass is 16.2. The number of aryl methyl sites for hydroxylation is 1. The smallest absolute Gasteiger partial charge is 0.237 e. The Morgan fingerprint density at radius 2 is 2.47 bits per heavy atom. The van der Waals surface area contributed by atoms with E-state index >= 15 is 0 Å². The number of amides is 1. The van der Waals surface area contributed by atoms with Crippen LogP contribution in [-0.2, 0) is 17.6 Å². The second-order valence-electron chi connectivity index (χ2n) is 3.93. The summed E-state index contributed by atoms with van der Waals surface area (Å²) in [6.45, 7) is 3.65. The van der Waals surface area contributed by atoms with Crippen LogP contribution in [0.1, 0.15) is 25.4 Å². The summed E-state index contributed by atoms with van der Waals surface area (Å²) < 4.78 is 0. The second-order valence-corrected chi connectivity index (χ2v) is 3.93. The molecule has 1 aromatic heterocycles. The van der Waals surface area contributed by atoms with E-state index in [-0.39, 0.29) is 11.9 Å². The predicted octanol–water partition coefficient (Wildman–Crippen LogP) is -0.0202. The number of H-pyrrole nitrogens is 1. The molecule has 5 nitrogen and oxygen atoms in total. The highest BCUT2D eigenvalue weighted by Crippen LogP contribution is 2.01. The summed E-state index contributed by atoms with van der Waals surface area (Å²) >= 11 is 0. The molecular weight excluding hydrogens is 216 g/mol. The van der Waals surface area contributed by atoms with Crippen LogP contribution in [0.15, 0.2) is 6.20 Å². The number of carbonyl (C=O) groups is 1. The van der Waals surface area contributed by atoms with Gasteiger partial charge in [0, 0.05) is 18.3 Å². The molecule has 1 rings (SSSR count). The average molecular weight is 234 g/mol. The number of nitrogens with zero attached hydrogens (tertiary/aromatic N) is 1. The lowest BCUT2D eigenvalue weighted by Crippen LogP contribution is -2.44. The molecule has 0 saturated carbocycles. The Morgan fingerprint density at radius 3 is 2.94 bits per heavy atom. The molecule has 4 N–H and O–H groups in total. The zero-order valence-electron chi connectivity index (χ0n) is 10.2. The van der Waals surface area contributed by atoms with Crippen molar-refractivity contribution in [3.8, 4) is 12.3 Å². The van der Waals surface area contributed by atoms with Crippen LogP contribution >= 0.6 is 0 Å². The van der Waals surface area contributed by atoms with Crippen molar-refractivity contribution in [2.45, 2.75) is 38.8 Å². The Balaban J connectivity index is 2.58. The van der Waals surface area contributed by atoms with Crippen molar-refractivity contribution in [3.63, 3.8) is 0 Å². The van der Waals surface area contributed by atoms with E-state index in [2.05, 4.69) is 21.2 Å². The number of hydrogen-bond acceptors (Lipinski definition) is 3. The molecule has 92 valence electrons. The molecule has 1 aromatic rings. The lowest BCUT2D eigenvalue weighted by Gasteiger charge is -2.13. The molecule has 0 aliphatic carbocycles. The van der Waals surface area contributed by atoms with Crippen molar-refractivity contribution in [1.29, 1.82) is 0 Å². The van der Waals surface area contributed by atoms with Crippen LogP contribution in [0.5, 0.6) is 0 Å². The topological polar surface area (TPSA) is 83.8 Å². The number of aromatic nitrogens is 2. The molecule has 5 heteroatoms. The highest BCUT2D eigenvalue weighted by Gasteiger charge is 2.14. The van der Waals surface area contributed by atoms with E-state index in [9.17, 15) is 4.79 Å². The Kier molecular flexibility index (Phi) is 4.73. The summed E-state index contributed by atoms with van der Waals surface area (Å²) in [7, 11) is 0. The molecular formula is C12H18N4O. The van der Waals surface area contributed by atoms with Gasteiger partial charge in [-0.2, -0.15) is 0 Å². The van der Waals surface area contributed by atoms with Gasteiger partial charge in [-0.25, -0.2) is 4.98 Å². The van der Waals surface area contributed by atoms with Crippen molar-refractivity contribution in [1.82, 2.24) is 15.3 Å². The Labute approximate surface area is 101 Å². The monoisotopic (exact) mass is 234 g/mol. The van der Waals surface area contributed by atoms with E-state index in [0.717, 1.165) is 17.9 Å². The van der Waals surface area contributed by atoms with Crippen LogP contribution in [0.4, 0.5) is 0 Å². The van der Waals surface area contributed by atoms with E-state index in [1.165, 1.54) is 0 Å². The summed E-state index contributed by atoms with van der Waals surface area (Å²) in [5.74, 6) is 3.03. The van der Waals surface area contributed by atoms with Crippen molar-refractivity contribution < 1.29 is 4.79 Å². The first-order valence-corrected chi connectivity index (χ1v) is 5.61. The SMILES string of the molecule is C#CC(Cc1ncc(CC)[nH]1)NC(=O)C(C)N. The maximum atomic E-state index is 11.4. The second kappa shape index (κ2) is 6.06. The lowest BCUT2D eigenvalue weighted by molar-refractivity contribution is -0.122. The third kappa shape index (κ3) is 3.93. The predicted molar refractivity (Wildman–Crippen MR) is 66.1 cm³/mol. The van der Waals surface area contributed by atoms with Gasteiger partial charge in [0.2, 0.25) is 5.91 Å². The van der Waals surface area contributed by atoms with Gasteiger partial charge in [-0.15, -0.1) is 6.42 Å². The van der Waals surface area contributed by atoms with Crippen LogP contribution in [-0.4, -0.2) is 28.0 Å². The first-order valence-electron chi connectivity index (χ1n) is 5.61. The molecule has 0 aliphatic rings. The van der Waals surface area contributed by atoms with Crippen molar-refractivity contribution in [3.05, 3.63) is 17.7 Å². The molecule has 1 heterocycles. The quantitative estimate of drug-likeness (QED) is 0.626. The number of nitrogens with two attached hydrogens (primary N) is 1. The van der Waals surface area contributed by atoms with Gasteiger partial charge in [-0.05, 0) is 13.3 Å². The third-order valence-corrected chi connectivity index (χ3v) is 2.39. The standard InChI is InChI=1S/C12H18N4O/c1-4-9(16-12(17)8(3)13)6-11-14-7-10(5-2)15-11/h1,7-9H,5-6,13H2,2-3H3,(H,14,15)(H,16,17). The Bertz CT molecular complexity index is 416. The molecule has 0 fully saturated rings. The van der Waals surface area contributed by atoms with Crippen molar-refractivity contribution in [2.24, 2.45) is 5.73 Å². The Morgan fingerprint density at radius 1 is 1.76 bits per heavy atom. The van der Waals surface area contributed by atoms with Crippen LogP contribution < -0.4 is 11.1 Å². The molecule has 0 radical (unpaired) electrons. The molecule has 0 spiro atoms. The minimum atomic E-state index is -0.561. The number of terminal acetylenes is 1. The summed E-state index contributed by atoms with van der Waals surface area (Å²) in [6.07, 6.45) is 8.51. The third-order valence-electron chi connectivity index (χ3n) is 2.39. The van der Waals surface area contributed by atoms with Gasteiger partial charge in [0.25, 0.3) is 0 Å². The lowest BCUT2D eigenvalue weighted by atomic mass is 10.2. The summed E-state index contributed by atoms with van der Waals surface area (Å²) in [5, 5.41) is 2.68. The maximum absolute atomic E-state index is 11.4. The number of aromatic amines is 1. The van der Waals surface area contributed by atoms with Crippen LogP contribution in [0.2, 0.25) is 0 Å². The molecule has 0 aromatic carbocycles. The number of carbonyl (C=O) groups excluding carboxylic acids is 1. The number of rotatable bonds is 5.